The highest BCUT2D eigenvalue weighted by Crippen LogP contribution is 2.16. The Morgan fingerprint density at radius 3 is 2.54 bits per heavy atom. The number of nitrogens with one attached hydrogen (secondary N) is 1. The van der Waals surface area contributed by atoms with Gasteiger partial charge in [0.2, 0.25) is 5.91 Å². The Morgan fingerprint density at radius 2 is 1.92 bits per heavy atom. The molecule has 0 aromatic heterocycles. The quantitative estimate of drug-likeness (QED) is 0.857. The molecule has 3 rings (SSSR count). The summed E-state index contributed by atoms with van der Waals surface area (Å²) in [5.74, 6) is -0.278. The molecule has 0 unspecified atom stereocenters. The van der Waals surface area contributed by atoms with E-state index in [1.54, 1.807) is 12.1 Å². The molecule has 0 spiro atoms. The van der Waals surface area contributed by atoms with Gasteiger partial charge in [-0.3, -0.25) is 14.5 Å². The molecule has 142 valence electrons. The van der Waals surface area contributed by atoms with Crippen molar-refractivity contribution in [3.05, 3.63) is 35.6 Å². The van der Waals surface area contributed by atoms with Gasteiger partial charge in [0.25, 0.3) is 5.91 Å². The lowest BCUT2D eigenvalue weighted by molar-refractivity contribution is -0.142. The van der Waals surface area contributed by atoms with Gasteiger partial charge in [-0.25, -0.2) is 4.39 Å². The first kappa shape index (κ1) is 18.8. The van der Waals surface area contributed by atoms with Crippen molar-refractivity contribution in [2.45, 2.75) is 31.9 Å². The minimum Gasteiger partial charge on any atom is -0.368 e. The van der Waals surface area contributed by atoms with Crippen molar-refractivity contribution in [1.29, 1.82) is 0 Å². The fraction of sp³-hybridized carbons (Fsp3) is 0.579. The molecule has 2 heterocycles. The number of piperazine rings is 1. The fourth-order valence-electron chi connectivity index (χ4n) is 3.43. The van der Waals surface area contributed by atoms with E-state index < -0.39 is 0 Å². The summed E-state index contributed by atoms with van der Waals surface area (Å²) in [6.07, 6.45) is 1.48. The van der Waals surface area contributed by atoms with Crippen molar-refractivity contribution in [2.75, 3.05) is 39.3 Å². The van der Waals surface area contributed by atoms with E-state index in [-0.39, 0.29) is 29.8 Å². The fourth-order valence-corrected chi connectivity index (χ4v) is 3.43. The number of carbonyl (C=O) groups is 2. The van der Waals surface area contributed by atoms with Crippen LogP contribution in [0.25, 0.3) is 0 Å². The van der Waals surface area contributed by atoms with E-state index >= 15 is 0 Å². The van der Waals surface area contributed by atoms with Gasteiger partial charge in [-0.05, 0) is 37.5 Å². The summed E-state index contributed by atoms with van der Waals surface area (Å²) in [6.45, 7) is 5.45. The number of benzene rings is 1. The third-order valence-electron chi connectivity index (χ3n) is 5.00. The smallest absolute Gasteiger partial charge is 0.251 e. The van der Waals surface area contributed by atoms with Gasteiger partial charge in [-0.1, -0.05) is 12.1 Å². The molecule has 2 aliphatic heterocycles. The summed E-state index contributed by atoms with van der Waals surface area (Å²) >= 11 is 0. The first-order valence-electron chi connectivity index (χ1n) is 9.20. The molecule has 7 heteroatoms. The lowest BCUT2D eigenvalue weighted by Crippen LogP contribution is -2.53. The molecule has 0 bridgehead atoms. The van der Waals surface area contributed by atoms with E-state index in [9.17, 15) is 14.0 Å². The molecule has 2 saturated heterocycles. The van der Waals surface area contributed by atoms with Crippen molar-refractivity contribution in [1.82, 2.24) is 15.1 Å². The van der Waals surface area contributed by atoms with Crippen molar-refractivity contribution in [3.8, 4) is 0 Å². The maximum atomic E-state index is 13.0. The molecule has 0 saturated carbocycles. The van der Waals surface area contributed by atoms with Crippen LogP contribution in [0.5, 0.6) is 0 Å². The number of ether oxygens (including phenoxy) is 1. The first-order valence-corrected chi connectivity index (χ1v) is 9.20. The molecule has 1 aromatic carbocycles. The van der Waals surface area contributed by atoms with Crippen molar-refractivity contribution < 1.29 is 18.7 Å². The molecule has 1 aromatic rings. The van der Waals surface area contributed by atoms with Gasteiger partial charge in [0.05, 0.1) is 12.6 Å². The molecule has 2 aliphatic rings. The van der Waals surface area contributed by atoms with Crippen LogP contribution in [0.3, 0.4) is 0 Å². The Morgan fingerprint density at radius 1 is 1.23 bits per heavy atom. The zero-order valence-electron chi connectivity index (χ0n) is 15.1. The Labute approximate surface area is 153 Å². The van der Waals surface area contributed by atoms with Crippen LogP contribution in [0, 0.1) is 5.82 Å². The minimum absolute atomic E-state index is 0.0688. The van der Waals surface area contributed by atoms with Gasteiger partial charge in [-0.2, -0.15) is 0 Å². The molecule has 0 radical (unpaired) electrons. The van der Waals surface area contributed by atoms with Gasteiger partial charge in [0.1, 0.15) is 11.9 Å². The van der Waals surface area contributed by atoms with Crippen molar-refractivity contribution in [3.63, 3.8) is 0 Å². The maximum absolute atomic E-state index is 13.0. The Kier molecular flexibility index (Phi) is 6.21. The van der Waals surface area contributed by atoms with Crippen molar-refractivity contribution in [2.24, 2.45) is 0 Å². The van der Waals surface area contributed by atoms with Gasteiger partial charge in [0, 0.05) is 32.8 Å². The summed E-state index contributed by atoms with van der Waals surface area (Å²) in [6, 6.07) is 5.96. The Balaban J connectivity index is 1.41. The number of rotatable bonds is 5. The van der Waals surface area contributed by atoms with Crippen LogP contribution >= 0.6 is 0 Å². The van der Waals surface area contributed by atoms with Gasteiger partial charge in [0.15, 0.2) is 0 Å². The maximum Gasteiger partial charge on any atom is 0.251 e. The van der Waals surface area contributed by atoms with E-state index in [0.29, 0.717) is 39.3 Å². The van der Waals surface area contributed by atoms with E-state index in [1.165, 1.54) is 12.1 Å². The highest BCUT2D eigenvalue weighted by Gasteiger charge is 2.30. The molecular formula is C19H26FN3O3. The van der Waals surface area contributed by atoms with E-state index in [2.05, 4.69) is 5.32 Å². The SMILES string of the molecule is C[C@H](NC(=O)CN1CCN(C(=O)[C@H]2CCCO2)CC1)c1ccc(F)cc1. The number of hydrogen-bond donors (Lipinski definition) is 1. The molecule has 2 amide bonds. The number of halogens is 1. The molecule has 0 aliphatic carbocycles. The summed E-state index contributed by atoms with van der Waals surface area (Å²) in [4.78, 5) is 28.5. The largest absolute Gasteiger partial charge is 0.368 e. The summed E-state index contributed by atoms with van der Waals surface area (Å²) in [7, 11) is 0. The van der Waals surface area contributed by atoms with Crippen LogP contribution in [0.1, 0.15) is 31.4 Å². The average molecular weight is 363 g/mol. The average Bonchev–Trinajstić information content (AvgIpc) is 3.17. The monoisotopic (exact) mass is 363 g/mol. The molecule has 26 heavy (non-hydrogen) atoms. The summed E-state index contributed by atoms with van der Waals surface area (Å²) < 4.78 is 18.4. The number of hydrogen-bond acceptors (Lipinski definition) is 4. The Bertz CT molecular complexity index is 623. The van der Waals surface area contributed by atoms with Crippen LogP contribution in [0.2, 0.25) is 0 Å². The molecule has 6 nitrogen and oxygen atoms in total. The molecule has 1 N–H and O–H groups in total. The molecular weight excluding hydrogens is 337 g/mol. The predicted molar refractivity (Wildman–Crippen MR) is 95.0 cm³/mol. The summed E-state index contributed by atoms with van der Waals surface area (Å²) in [5, 5.41) is 2.94. The normalized spacial score (nSPS) is 22.2. The van der Waals surface area contributed by atoms with Crippen molar-refractivity contribution >= 4 is 11.8 Å². The lowest BCUT2D eigenvalue weighted by atomic mass is 10.1. The highest BCUT2D eigenvalue weighted by atomic mass is 19.1. The number of nitrogens with zero attached hydrogens (tertiary/aromatic N) is 2. The van der Waals surface area contributed by atoms with Crippen LogP contribution in [0.4, 0.5) is 4.39 Å². The molecule has 2 atom stereocenters. The second-order valence-corrected chi connectivity index (χ2v) is 6.94. The van der Waals surface area contributed by atoms with E-state index in [4.69, 9.17) is 4.74 Å². The highest BCUT2D eigenvalue weighted by molar-refractivity contribution is 5.81. The Hall–Kier alpha value is -1.99. The lowest BCUT2D eigenvalue weighted by Gasteiger charge is -2.35. The number of carbonyl (C=O) groups excluding carboxylic acids is 2. The zero-order chi connectivity index (χ0) is 18.5. The predicted octanol–water partition coefficient (Wildman–Crippen LogP) is 1.33. The van der Waals surface area contributed by atoms with Crippen LogP contribution in [0.15, 0.2) is 24.3 Å². The van der Waals surface area contributed by atoms with Gasteiger partial charge >= 0.3 is 0 Å². The minimum atomic E-state index is -0.289. The second-order valence-electron chi connectivity index (χ2n) is 6.94. The van der Waals surface area contributed by atoms with Crippen LogP contribution in [-0.4, -0.2) is 67.0 Å². The van der Waals surface area contributed by atoms with Gasteiger partial charge in [-0.15, -0.1) is 0 Å². The number of amides is 2. The summed E-state index contributed by atoms with van der Waals surface area (Å²) in [5.41, 5.74) is 0.867. The third-order valence-corrected chi connectivity index (χ3v) is 5.00. The zero-order valence-corrected chi connectivity index (χ0v) is 15.1. The third kappa shape index (κ3) is 4.80. The first-order chi connectivity index (χ1) is 12.5. The van der Waals surface area contributed by atoms with Crippen LogP contribution < -0.4 is 5.32 Å². The van der Waals surface area contributed by atoms with E-state index in [0.717, 1.165) is 18.4 Å². The molecule has 2 fully saturated rings. The second kappa shape index (κ2) is 8.60. The van der Waals surface area contributed by atoms with Gasteiger partial charge < -0.3 is 15.0 Å². The standard InChI is InChI=1S/C19H26FN3O3/c1-14(15-4-6-16(20)7-5-15)21-18(24)13-22-8-10-23(11-9-22)19(25)17-3-2-12-26-17/h4-7,14,17H,2-3,8-13H2,1H3,(H,21,24)/t14-,17+/m0/s1. The topological polar surface area (TPSA) is 61.9 Å². The van der Waals surface area contributed by atoms with E-state index in [1.807, 2.05) is 16.7 Å². The van der Waals surface area contributed by atoms with Crippen LogP contribution in [-0.2, 0) is 14.3 Å².